The van der Waals surface area contributed by atoms with Crippen LogP contribution in [-0.2, 0) is 0 Å². The number of rotatable bonds is 4. The van der Waals surface area contributed by atoms with Gasteiger partial charge in [0.15, 0.2) is 0 Å². The Balaban J connectivity index is 1.50. The Hall–Kier alpha value is -8.64. The van der Waals surface area contributed by atoms with Crippen LogP contribution in [-0.4, -0.2) is 61.3 Å². The SMILES string of the molecule is Cc1cc(C2c3cc(c(O)cc3O)C(c3ccc(O)c(C)c3)c3cc(c(O)cc3O)C(c3ccc(O)c(C)c3)c3cc(c(O)cc3O)C(c3ccc(O)c(C)c3)c3cc2c(O)cc3O)ccc1O. The molecule has 0 aromatic heterocycles. The maximum atomic E-state index is 12.0. The molecule has 0 saturated heterocycles. The van der Waals surface area contributed by atoms with Crippen molar-refractivity contribution in [3.63, 3.8) is 0 Å². The molecule has 0 spiro atoms. The highest BCUT2D eigenvalue weighted by Gasteiger charge is 2.35. The third-order valence-electron chi connectivity index (χ3n) is 13.4. The molecule has 12 heteroatoms. The van der Waals surface area contributed by atoms with Gasteiger partial charge in [-0.1, -0.05) is 48.5 Å². The van der Waals surface area contributed by atoms with Crippen LogP contribution in [0.2, 0.25) is 0 Å². The lowest BCUT2D eigenvalue weighted by atomic mass is 9.74. The molecule has 9 rings (SSSR count). The fraction of sp³-hybridized carbons (Fsp3) is 0.143. The molecule has 12 nitrogen and oxygen atoms in total. The highest BCUT2D eigenvalue weighted by molar-refractivity contribution is 5.68. The molecule has 0 radical (unpaired) electrons. The summed E-state index contributed by atoms with van der Waals surface area (Å²) in [4.78, 5) is 0. The Labute approximate surface area is 390 Å². The highest BCUT2D eigenvalue weighted by Crippen LogP contribution is 2.54. The lowest BCUT2D eigenvalue weighted by Crippen LogP contribution is -2.13. The van der Waals surface area contributed by atoms with Gasteiger partial charge in [0.2, 0.25) is 0 Å². The van der Waals surface area contributed by atoms with Crippen LogP contribution in [0.3, 0.4) is 0 Å². The summed E-state index contributed by atoms with van der Waals surface area (Å²) in [6, 6.07) is 29.6. The van der Waals surface area contributed by atoms with E-state index >= 15 is 0 Å². The van der Waals surface area contributed by atoms with Crippen molar-refractivity contribution < 1.29 is 61.3 Å². The van der Waals surface area contributed by atoms with Gasteiger partial charge in [0.05, 0.1) is 0 Å². The molecule has 0 saturated carbocycles. The standard InChI is InChI=1S/C56H48O12/c1-25-13-29(5-9-41(25)57)53-33-17-35(47(63)21-45(33)61)54(30-6-10-42(58)26(2)14-30)37-19-39(51(67)23-49(37)65)56(32-8-12-44(60)28(4)16-32)40-20-38(50(66)24-52(40)68)55(31-7-11-43(59)27(3)15-31)36-18-34(53)46(62)22-48(36)64/h5-24,53-68H,1-4H3. The third-order valence-corrected chi connectivity index (χ3v) is 13.4. The topological polar surface area (TPSA) is 243 Å². The van der Waals surface area contributed by atoms with Gasteiger partial charge >= 0.3 is 0 Å². The monoisotopic (exact) mass is 912 g/mol. The maximum absolute atomic E-state index is 12.0. The predicted octanol–water partition coefficient (Wildman–Crippen LogP) is 10.4. The van der Waals surface area contributed by atoms with Crippen LogP contribution in [0.25, 0.3) is 0 Å². The van der Waals surface area contributed by atoms with Gasteiger partial charge in [-0.2, -0.15) is 0 Å². The van der Waals surface area contributed by atoms with Crippen LogP contribution >= 0.6 is 0 Å². The van der Waals surface area contributed by atoms with Crippen molar-refractivity contribution in [3.05, 3.63) is 210 Å². The number of phenols is 12. The molecule has 0 heterocycles. The number of aryl methyl sites for hydroxylation is 4. The number of phenolic OH excluding ortho intramolecular Hbond substituents is 12. The summed E-state index contributed by atoms with van der Waals surface area (Å²) >= 11 is 0. The van der Waals surface area contributed by atoms with Crippen molar-refractivity contribution in [2.75, 3.05) is 0 Å². The van der Waals surface area contributed by atoms with E-state index < -0.39 is 69.7 Å². The molecule has 344 valence electrons. The molecule has 12 N–H and O–H groups in total. The van der Waals surface area contributed by atoms with Gasteiger partial charge in [0.1, 0.15) is 69.0 Å². The molecule has 1 aliphatic rings. The fourth-order valence-electron chi connectivity index (χ4n) is 9.84. The summed E-state index contributed by atoms with van der Waals surface area (Å²) in [7, 11) is 0. The van der Waals surface area contributed by atoms with Gasteiger partial charge in [-0.3, -0.25) is 0 Å². The minimum Gasteiger partial charge on any atom is -0.508 e. The summed E-state index contributed by atoms with van der Waals surface area (Å²) in [5.41, 5.74) is 4.63. The molecule has 8 aromatic rings. The van der Waals surface area contributed by atoms with Gasteiger partial charge in [-0.05, 0) is 121 Å². The zero-order valence-corrected chi connectivity index (χ0v) is 37.2. The summed E-state index contributed by atoms with van der Waals surface area (Å²) in [5, 5.41) is 139. The number of hydrogen-bond donors (Lipinski definition) is 12. The van der Waals surface area contributed by atoms with Crippen LogP contribution < -0.4 is 0 Å². The Bertz CT molecular complexity index is 2810. The molecule has 0 amide bonds. The van der Waals surface area contributed by atoms with Crippen molar-refractivity contribution >= 4 is 0 Å². The van der Waals surface area contributed by atoms with Crippen molar-refractivity contribution in [2.45, 2.75) is 51.4 Å². The molecule has 68 heavy (non-hydrogen) atoms. The largest absolute Gasteiger partial charge is 0.508 e. The van der Waals surface area contributed by atoms with E-state index in [0.717, 1.165) is 24.3 Å². The van der Waals surface area contributed by atoms with Crippen molar-refractivity contribution in [1.29, 1.82) is 0 Å². The van der Waals surface area contributed by atoms with Crippen molar-refractivity contribution in [3.8, 4) is 69.0 Å². The van der Waals surface area contributed by atoms with E-state index in [9.17, 15) is 61.3 Å². The second kappa shape index (κ2) is 16.7. The second-order valence-electron chi connectivity index (χ2n) is 17.8. The quantitative estimate of drug-likeness (QED) is 0.0789. The fourth-order valence-corrected chi connectivity index (χ4v) is 9.84. The van der Waals surface area contributed by atoms with Crippen LogP contribution in [0.5, 0.6) is 69.0 Å². The number of hydrogen-bond acceptors (Lipinski definition) is 12. The number of fused-ring (bicyclic) bond motifs is 8. The van der Waals surface area contributed by atoms with E-state index in [1.807, 2.05) is 0 Å². The van der Waals surface area contributed by atoms with Crippen LogP contribution in [0.1, 0.15) is 113 Å². The molecule has 0 unspecified atom stereocenters. The van der Waals surface area contributed by atoms with E-state index in [0.29, 0.717) is 44.5 Å². The van der Waals surface area contributed by atoms with Gasteiger partial charge < -0.3 is 61.3 Å². The summed E-state index contributed by atoms with van der Waals surface area (Å²) in [6.45, 7) is 6.70. The van der Waals surface area contributed by atoms with Crippen molar-refractivity contribution in [2.24, 2.45) is 0 Å². The Morgan fingerprint density at radius 2 is 0.368 bits per heavy atom. The van der Waals surface area contributed by atoms with Gasteiger partial charge in [-0.25, -0.2) is 0 Å². The van der Waals surface area contributed by atoms with Gasteiger partial charge in [0, 0.05) is 92.4 Å². The van der Waals surface area contributed by atoms with E-state index in [4.69, 9.17) is 0 Å². The Kier molecular flexibility index (Phi) is 10.9. The van der Waals surface area contributed by atoms with Gasteiger partial charge in [-0.15, -0.1) is 0 Å². The molecule has 0 atom stereocenters. The van der Waals surface area contributed by atoms with Crippen LogP contribution in [0.15, 0.2) is 121 Å². The first-order chi connectivity index (χ1) is 32.3. The molecule has 0 aliphatic heterocycles. The third kappa shape index (κ3) is 7.55. The van der Waals surface area contributed by atoms with Gasteiger partial charge in [0.25, 0.3) is 0 Å². The Morgan fingerprint density at radius 3 is 0.515 bits per heavy atom. The summed E-state index contributed by atoms with van der Waals surface area (Å²) in [6.07, 6.45) is 0. The molecular formula is C56H48O12. The molecule has 1 aliphatic carbocycles. The number of benzene rings is 8. The minimum absolute atomic E-state index is 0.0308. The normalized spacial score (nSPS) is 16.6. The van der Waals surface area contributed by atoms with Crippen LogP contribution in [0, 0.1) is 27.7 Å². The van der Waals surface area contributed by atoms with E-state index in [2.05, 4.69) is 0 Å². The summed E-state index contributed by atoms with van der Waals surface area (Å²) < 4.78 is 0. The lowest BCUT2D eigenvalue weighted by molar-refractivity contribution is 0.431. The maximum Gasteiger partial charge on any atom is 0.123 e. The predicted molar refractivity (Wildman–Crippen MR) is 254 cm³/mol. The number of aromatic hydroxyl groups is 12. The molecule has 0 fully saturated rings. The first-order valence-electron chi connectivity index (χ1n) is 21.7. The zero-order chi connectivity index (χ0) is 48.6. The first kappa shape index (κ1) is 44.6. The second-order valence-corrected chi connectivity index (χ2v) is 17.8. The summed E-state index contributed by atoms with van der Waals surface area (Å²) in [5.74, 6) is -7.94. The average molecular weight is 913 g/mol. The molecular weight excluding hydrogens is 865 g/mol. The van der Waals surface area contributed by atoms with E-state index in [-0.39, 0.29) is 67.5 Å². The highest BCUT2D eigenvalue weighted by atomic mass is 16.3. The average Bonchev–Trinajstić information content (AvgIpc) is 3.27. The first-order valence-corrected chi connectivity index (χ1v) is 21.7. The molecule has 8 aromatic carbocycles. The zero-order valence-electron chi connectivity index (χ0n) is 37.2. The van der Waals surface area contributed by atoms with E-state index in [1.165, 1.54) is 48.5 Å². The molecule has 8 bridgehead atoms. The lowest BCUT2D eigenvalue weighted by Gasteiger charge is -2.30. The van der Waals surface area contributed by atoms with Crippen molar-refractivity contribution in [1.82, 2.24) is 0 Å². The smallest absolute Gasteiger partial charge is 0.123 e. The minimum atomic E-state index is -1.12. The van der Waals surface area contributed by atoms with E-state index in [1.54, 1.807) is 76.2 Å². The van der Waals surface area contributed by atoms with Crippen LogP contribution in [0.4, 0.5) is 0 Å². The Morgan fingerprint density at radius 1 is 0.206 bits per heavy atom.